The van der Waals surface area contributed by atoms with Gasteiger partial charge in [0.1, 0.15) is 5.69 Å². The summed E-state index contributed by atoms with van der Waals surface area (Å²) in [6, 6.07) is 20.1. The Labute approximate surface area is 157 Å². The van der Waals surface area contributed by atoms with Crippen molar-refractivity contribution < 1.29 is 13.2 Å². The van der Waals surface area contributed by atoms with Gasteiger partial charge in [-0.15, -0.1) is 0 Å². The van der Waals surface area contributed by atoms with Crippen LogP contribution in [-0.4, -0.2) is 23.2 Å². The molecular formula is C21H16N2O3S. The SMILES string of the molecule is Cc1ncccc1C(=O)c1cc2ccccc2n1S(=O)(=O)c1ccccc1. The minimum atomic E-state index is -3.94. The third kappa shape index (κ3) is 2.84. The maximum Gasteiger partial charge on any atom is 0.268 e. The molecule has 0 saturated carbocycles. The molecule has 5 nitrogen and oxygen atoms in total. The highest BCUT2D eigenvalue weighted by Crippen LogP contribution is 2.27. The molecule has 2 aromatic carbocycles. The molecule has 0 bridgehead atoms. The van der Waals surface area contributed by atoms with Gasteiger partial charge >= 0.3 is 0 Å². The zero-order chi connectivity index (χ0) is 19.0. The molecule has 2 heterocycles. The van der Waals surface area contributed by atoms with Crippen LogP contribution in [0.25, 0.3) is 10.9 Å². The first-order chi connectivity index (χ1) is 13.0. The Morgan fingerprint density at radius 2 is 1.63 bits per heavy atom. The van der Waals surface area contributed by atoms with Gasteiger partial charge in [0.15, 0.2) is 0 Å². The van der Waals surface area contributed by atoms with Crippen molar-refractivity contribution in [1.29, 1.82) is 0 Å². The van der Waals surface area contributed by atoms with Crippen LogP contribution in [0.2, 0.25) is 0 Å². The van der Waals surface area contributed by atoms with E-state index in [2.05, 4.69) is 4.98 Å². The summed E-state index contributed by atoms with van der Waals surface area (Å²) >= 11 is 0. The van der Waals surface area contributed by atoms with Crippen LogP contribution < -0.4 is 0 Å². The molecule has 134 valence electrons. The number of aromatic nitrogens is 2. The van der Waals surface area contributed by atoms with Crippen molar-refractivity contribution in [3.05, 3.63) is 95.9 Å². The molecule has 4 aromatic rings. The Hall–Kier alpha value is -3.25. The van der Waals surface area contributed by atoms with Gasteiger partial charge in [0, 0.05) is 22.8 Å². The molecule has 0 aliphatic heterocycles. The van der Waals surface area contributed by atoms with E-state index in [-0.39, 0.29) is 16.4 Å². The Balaban J connectivity index is 2.02. The number of aryl methyl sites for hydroxylation is 1. The van der Waals surface area contributed by atoms with Gasteiger partial charge in [-0.1, -0.05) is 36.4 Å². The lowest BCUT2D eigenvalue weighted by Gasteiger charge is -2.12. The molecule has 0 atom stereocenters. The number of hydrogen-bond acceptors (Lipinski definition) is 4. The average Bonchev–Trinajstić information content (AvgIpc) is 3.09. The van der Waals surface area contributed by atoms with Gasteiger partial charge in [-0.3, -0.25) is 9.78 Å². The number of para-hydroxylation sites is 1. The van der Waals surface area contributed by atoms with E-state index < -0.39 is 10.0 Å². The number of pyridine rings is 1. The van der Waals surface area contributed by atoms with Crippen LogP contribution in [0, 0.1) is 6.92 Å². The number of nitrogens with zero attached hydrogens (tertiary/aromatic N) is 2. The molecule has 6 heteroatoms. The third-order valence-corrected chi connectivity index (χ3v) is 6.17. The van der Waals surface area contributed by atoms with E-state index in [4.69, 9.17) is 0 Å². The number of benzene rings is 2. The van der Waals surface area contributed by atoms with E-state index in [1.807, 2.05) is 6.07 Å². The standard InChI is InChI=1S/C21H16N2O3S/c1-15-18(11-7-13-22-15)21(24)20-14-16-8-5-6-12-19(16)23(20)27(25,26)17-9-3-2-4-10-17/h2-14H,1H3. The predicted octanol–water partition coefficient (Wildman–Crippen LogP) is 3.81. The van der Waals surface area contributed by atoms with E-state index in [9.17, 15) is 13.2 Å². The minimum absolute atomic E-state index is 0.0937. The second kappa shape index (κ2) is 6.48. The molecular weight excluding hydrogens is 360 g/mol. The maximum atomic E-state index is 13.3. The molecule has 0 amide bonds. The van der Waals surface area contributed by atoms with Gasteiger partial charge < -0.3 is 0 Å². The van der Waals surface area contributed by atoms with Crippen LogP contribution in [0.5, 0.6) is 0 Å². The molecule has 0 aliphatic rings. The van der Waals surface area contributed by atoms with E-state index in [1.165, 1.54) is 12.1 Å². The van der Waals surface area contributed by atoms with Crippen LogP contribution in [0.15, 0.2) is 83.9 Å². The zero-order valence-corrected chi connectivity index (χ0v) is 15.3. The highest BCUT2D eigenvalue weighted by molar-refractivity contribution is 7.90. The number of carbonyl (C=O) groups excluding carboxylic acids is 1. The summed E-state index contributed by atoms with van der Waals surface area (Å²) in [6.45, 7) is 1.73. The fourth-order valence-electron chi connectivity index (χ4n) is 3.11. The van der Waals surface area contributed by atoms with Crippen LogP contribution in [0.3, 0.4) is 0 Å². The summed E-state index contributed by atoms with van der Waals surface area (Å²) in [7, 11) is -3.94. The first-order valence-electron chi connectivity index (χ1n) is 8.37. The molecule has 0 saturated heterocycles. The molecule has 0 spiro atoms. The normalized spacial score (nSPS) is 11.6. The first-order valence-corrected chi connectivity index (χ1v) is 9.81. The molecule has 0 fully saturated rings. The number of fused-ring (bicyclic) bond motifs is 1. The van der Waals surface area contributed by atoms with Gasteiger partial charge in [-0.05, 0) is 43.3 Å². The summed E-state index contributed by atoms with van der Waals surface area (Å²) in [6.07, 6.45) is 1.60. The third-order valence-electron chi connectivity index (χ3n) is 4.43. The molecule has 2 aromatic heterocycles. The van der Waals surface area contributed by atoms with Crippen LogP contribution >= 0.6 is 0 Å². The van der Waals surface area contributed by atoms with Gasteiger partial charge in [0.05, 0.1) is 10.4 Å². The predicted molar refractivity (Wildman–Crippen MR) is 103 cm³/mol. The quantitative estimate of drug-likeness (QED) is 0.508. The first kappa shape index (κ1) is 17.2. The number of rotatable bonds is 4. The molecule has 0 unspecified atom stereocenters. The Kier molecular flexibility index (Phi) is 4.12. The van der Waals surface area contributed by atoms with Crippen molar-refractivity contribution in [3.63, 3.8) is 0 Å². The zero-order valence-electron chi connectivity index (χ0n) is 14.5. The summed E-state index contributed by atoms with van der Waals surface area (Å²) in [4.78, 5) is 17.5. The molecule has 0 radical (unpaired) electrons. The number of ketones is 1. The summed E-state index contributed by atoms with van der Waals surface area (Å²) in [5.41, 5.74) is 1.49. The smallest absolute Gasteiger partial charge is 0.268 e. The number of hydrogen-bond donors (Lipinski definition) is 0. The summed E-state index contributed by atoms with van der Waals surface area (Å²) in [5.74, 6) is -0.378. The lowest BCUT2D eigenvalue weighted by Crippen LogP contribution is -2.19. The van der Waals surface area contributed by atoms with Crippen molar-refractivity contribution in [2.24, 2.45) is 0 Å². The Morgan fingerprint density at radius 3 is 2.37 bits per heavy atom. The lowest BCUT2D eigenvalue weighted by molar-refractivity contribution is 0.103. The average molecular weight is 376 g/mol. The largest absolute Gasteiger partial charge is 0.287 e. The van der Waals surface area contributed by atoms with Crippen molar-refractivity contribution in [3.8, 4) is 0 Å². The Bertz CT molecular complexity index is 1260. The highest BCUT2D eigenvalue weighted by atomic mass is 32.2. The fourth-order valence-corrected chi connectivity index (χ4v) is 4.64. The van der Waals surface area contributed by atoms with Crippen LogP contribution in [0.1, 0.15) is 21.7 Å². The Morgan fingerprint density at radius 1 is 0.926 bits per heavy atom. The molecule has 0 aliphatic carbocycles. The van der Waals surface area contributed by atoms with Crippen molar-refractivity contribution in [1.82, 2.24) is 8.96 Å². The second-order valence-corrected chi connectivity index (χ2v) is 7.92. The van der Waals surface area contributed by atoms with E-state index in [0.717, 1.165) is 3.97 Å². The minimum Gasteiger partial charge on any atom is -0.287 e. The summed E-state index contributed by atoms with van der Waals surface area (Å²) in [5, 5.41) is 0.682. The van der Waals surface area contributed by atoms with Crippen molar-refractivity contribution >= 4 is 26.7 Å². The second-order valence-electron chi connectivity index (χ2n) is 6.14. The van der Waals surface area contributed by atoms with Crippen molar-refractivity contribution in [2.45, 2.75) is 11.8 Å². The van der Waals surface area contributed by atoms with Crippen LogP contribution in [-0.2, 0) is 10.0 Å². The van der Waals surface area contributed by atoms with Gasteiger partial charge in [0.25, 0.3) is 10.0 Å². The van der Waals surface area contributed by atoms with Gasteiger partial charge in [0.2, 0.25) is 5.78 Å². The molecule has 0 N–H and O–H groups in total. The van der Waals surface area contributed by atoms with E-state index >= 15 is 0 Å². The molecule has 4 rings (SSSR count). The van der Waals surface area contributed by atoms with E-state index in [0.29, 0.717) is 22.2 Å². The highest BCUT2D eigenvalue weighted by Gasteiger charge is 2.27. The number of carbonyl (C=O) groups is 1. The van der Waals surface area contributed by atoms with Gasteiger partial charge in [-0.25, -0.2) is 12.4 Å². The van der Waals surface area contributed by atoms with Crippen LogP contribution in [0.4, 0.5) is 0 Å². The summed E-state index contributed by atoms with van der Waals surface area (Å²) < 4.78 is 27.8. The fraction of sp³-hybridized carbons (Fsp3) is 0.0476. The monoisotopic (exact) mass is 376 g/mol. The van der Waals surface area contributed by atoms with Gasteiger partial charge in [-0.2, -0.15) is 0 Å². The molecule has 27 heavy (non-hydrogen) atoms. The van der Waals surface area contributed by atoms with E-state index in [1.54, 1.807) is 67.7 Å². The topological polar surface area (TPSA) is 69.0 Å². The van der Waals surface area contributed by atoms with Crippen molar-refractivity contribution in [2.75, 3.05) is 0 Å². The lowest BCUT2D eigenvalue weighted by atomic mass is 10.1. The maximum absolute atomic E-state index is 13.3.